The Kier molecular flexibility index (Phi) is 12.2. The maximum absolute atomic E-state index is 4.24. The SMILES string of the molecule is C(#CC1(C(=C(c2ccccc2)c2ccccc2)c2ccccc2)C=CC(c2ccccc2)=CC1)C1(C(=C(c2ccccc2)c2ccccc2)c2ccccc2)C=CC(c2ccccc2)=CC1. The lowest BCUT2D eigenvalue weighted by Crippen LogP contribution is -2.25. The molecule has 0 aromatic heterocycles. The highest BCUT2D eigenvalue weighted by Gasteiger charge is 2.39. The average Bonchev–Trinajstić information content (AvgIpc) is 3.41. The summed E-state index contributed by atoms with van der Waals surface area (Å²) in [4.78, 5) is 0. The van der Waals surface area contributed by atoms with Crippen molar-refractivity contribution in [1.29, 1.82) is 0 Å². The number of allylic oxidation sites excluding steroid dienone is 10. The van der Waals surface area contributed by atoms with Gasteiger partial charge in [-0.2, -0.15) is 0 Å². The summed E-state index contributed by atoms with van der Waals surface area (Å²) in [5.74, 6) is 8.49. The second-order valence-corrected chi connectivity index (χ2v) is 17.0. The molecule has 0 fully saturated rings. The van der Waals surface area contributed by atoms with E-state index in [0.29, 0.717) is 12.8 Å². The van der Waals surface area contributed by atoms with E-state index in [0.717, 1.165) is 33.4 Å². The Hall–Kier alpha value is -8.24. The minimum atomic E-state index is -0.758. The Bertz CT molecular complexity index is 2860. The van der Waals surface area contributed by atoms with Gasteiger partial charge in [-0.3, -0.25) is 0 Å². The van der Waals surface area contributed by atoms with Gasteiger partial charge in [0.1, 0.15) is 0 Å². The van der Waals surface area contributed by atoms with Gasteiger partial charge in [-0.15, -0.1) is 0 Å². The fourth-order valence-corrected chi connectivity index (χ4v) is 9.66. The highest BCUT2D eigenvalue weighted by Crippen LogP contribution is 2.52. The lowest BCUT2D eigenvalue weighted by Gasteiger charge is -2.36. The van der Waals surface area contributed by atoms with Crippen molar-refractivity contribution in [2.75, 3.05) is 0 Å². The van der Waals surface area contributed by atoms with Crippen LogP contribution in [0.5, 0.6) is 0 Å². The maximum atomic E-state index is 4.24. The molecule has 8 aromatic rings. The summed E-state index contributed by atoms with van der Waals surface area (Å²) in [5, 5.41) is 0. The molecule has 10 rings (SSSR count). The first-order chi connectivity index (χ1) is 32.7. The standard InChI is InChI=1S/C66H50/c1-9-25-51(26-10-1)53-41-45-65(46-42-53,63(59-37-21-7-22-38-59)61(55-29-13-3-14-30-55)56-31-15-4-16-32-56)49-50-66(47-43-54(44-48-66)52-27-11-2-12-28-52)64(60-39-23-8-24-40-60)62(57-33-17-5-18-34-57)58-35-19-6-20-36-58/h1-45,47H,46,48H2. The van der Waals surface area contributed by atoms with E-state index in [1.165, 1.54) is 44.6 Å². The van der Waals surface area contributed by atoms with Crippen molar-refractivity contribution in [3.05, 3.63) is 324 Å². The zero-order valence-electron chi connectivity index (χ0n) is 37.0. The lowest BCUT2D eigenvalue weighted by molar-refractivity contribution is 0.659. The van der Waals surface area contributed by atoms with Crippen LogP contribution in [0.25, 0.3) is 33.4 Å². The van der Waals surface area contributed by atoms with Gasteiger partial charge in [-0.1, -0.05) is 291 Å². The molecular weight excluding hydrogens is 793 g/mol. The normalized spacial score (nSPS) is 17.3. The first-order valence-electron chi connectivity index (χ1n) is 23.0. The third-order valence-corrected chi connectivity index (χ3v) is 12.9. The minimum absolute atomic E-state index is 0.674. The molecule has 0 saturated heterocycles. The molecule has 2 aliphatic rings. The summed E-state index contributed by atoms with van der Waals surface area (Å²) >= 11 is 0. The second kappa shape index (κ2) is 19.2. The molecule has 0 radical (unpaired) electrons. The molecule has 2 aliphatic carbocycles. The van der Waals surface area contributed by atoms with Crippen LogP contribution in [0.15, 0.2) is 279 Å². The van der Waals surface area contributed by atoms with E-state index >= 15 is 0 Å². The summed E-state index contributed by atoms with van der Waals surface area (Å²) < 4.78 is 0. The predicted molar refractivity (Wildman–Crippen MR) is 279 cm³/mol. The highest BCUT2D eigenvalue weighted by atomic mass is 14.4. The number of hydrogen-bond acceptors (Lipinski definition) is 0. The van der Waals surface area contributed by atoms with Gasteiger partial charge < -0.3 is 0 Å². The van der Waals surface area contributed by atoms with Gasteiger partial charge in [-0.05, 0) is 90.8 Å². The molecule has 2 unspecified atom stereocenters. The van der Waals surface area contributed by atoms with Crippen molar-refractivity contribution < 1.29 is 0 Å². The summed E-state index contributed by atoms with van der Waals surface area (Å²) in [6, 6.07) is 86.9. The molecule has 0 heterocycles. The average molecular weight is 843 g/mol. The quantitative estimate of drug-likeness (QED) is 0.0950. The molecule has 0 saturated carbocycles. The van der Waals surface area contributed by atoms with Crippen LogP contribution in [0.2, 0.25) is 0 Å². The van der Waals surface area contributed by atoms with Gasteiger partial charge in [0.05, 0.1) is 10.8 Å². The number of hydrogen-bond donors (Lipinski definition) is 0. The van der Waals surface area contributed by atoms with Crippen molar-refractivity contribution in [3.8, 4) is 11.8 Å². The molecule has 0 amide bonds. The van der Waals surface area contributed by atoms with Gasteiger partial charge >= 0.3 is 0 Å². The van der Waals surface area contributed by atoms with Gasteiger partial charge in [-0.25, -0.2) is 0 Å². The highest BCUT2D eigenvalue weighted by molar-refractivity contribution is 6.05. The smallest absolute Gasteiger partial charge is 0.0793 e. The number of benzene rings is 8. The van der Waals surface area contributed by atoms with Crippen molar-refractivity contribution in [2.24, 2.45) is 10.8 Å². The predicted octanol–water partition coefficient (Wildman–Crippen LogP) is 16.4. The zero-order valence-corrected chi connectivity index (χ0v) is 37.0. The fourth-order valence-electron chi connectivity index (χ4n) is 9.66. The van der Waals surface area contributed by atoms with E-state index in [4.69, 9.17) is 0 Å². The molecule has 2 atom stereocenters. The summed E-state index contributed by atoms with van der Waals surface area (Å²) in [5.41, 5.74) is 14.9. The van der Waals surface area contributed by atoms with E-state index in [1.807, 2.05) is 0 Å². The van der Waals surface area contributed by atoms with Gasteiger partial charge in [0.25, 0.3) is 0 Å². The molecule has 0 nitrogen and oxygen atoms in total. The van der Waals surface area contributed by atoms with E-state index < -0.39 is 10.8 Å². The van der Waals surface area contributed by atoms with E-state index in [9.17, 15) is 0 Å². The van der Waals surface area contributed by atoms with Crippen molar-refractivity contribution in [3.63, 3.8) is 0 Å². The van der Waals surface area contributed by atoms with Crippen LogP contribution in [-0.2, 0) is 0 Å². The Balaban J connectivity index is 1.31. The molecule has 0 N–H and O–H groups in total. The Morgan fingerprint density at radius 3 is 0.773 bits per heavy atom. The molecule has 0 bridgehead atoms. The molecule has 314 valence electrons. The first kappa shape index (κ1) is 41.8. The second-order valence-electron chi connectivity index (χ2n) is 17.0. The van der Waals surface area contributed by atoms with Crippen molar-refractivity contribution in [1.82, 2.24) is 0 Å². The van der Waals surface area contributed by atoms with Crippen LogP contribution in [0, 0.1) is 22.7 Å². The Morgan fingerprint density at radius 2 is 0.530 bits per heavy atom. The third-order valence-electron chi connectivity index (χ3n) is 12.9. The van der Waals surface area contributed by atoms with E-state index in [-0.39, 0.29) is 0 Å². The molecule has 0 heteroatoms. The van der Waals surface area contributed by atoms with Crippen LogP contribution in [0.3, 0.4) is 0 Å². The van der Waals surface area contributed by atoms with Crippen molar-refractivity contribution >= 4 is 33.4 Å². The monoisotopic (exact) mass is 842 g/mol. The summed E-state index contributed by atoms with van der Waals surface area (Å²) in [6.07, 6.45) is 15.6. The van der Waals surface area contributed by atoms with Crippen LogP contribution in [0.4, 0.5) is 0 Å². The zero-order chi connectivity index (χ0) is 44.4. The van der Waals surface area contributed by atoms with Crippen LogP contribution < -0.4 is 0 Å². The minimum Gasteiger partial charge on any atom is -0.0858 e. The van der Waals surface area contributed by atoms with Gasteiger partial charge in [0, 0.05) is 0 Å². The van der Waals surface area contributed by atoms with E-state index in [1.54, 1.807) is 0 Å². The van der Waals surface area contributed by atoms with Crippen molar-refractivity contribution in [2.45, 2.75) is 12.8 Å². The van der Waals surface area contributed by atoms with Crippen LogP contribution in [0.1, 0.15) is 57.3 Å². The topological polar surface area (TPSA) is 0 Å². The molecule has 66 heavy (non-hydrogen) atoms. The first-order valence-corrected chi connectivity index (χ1v) is 23.0. The Morgan fingerprint density at radius 1 is 0.288 bits per heavy atom. The molecule has 0 spiro atoms. The summed E-state index contributed by atoms with van der Waals surface area (Å²) in [6.45, 7) is 0. The maximum Gasteiger partial charge on any atom is 0.0793 e. The largest absolute Gasteiger partial charge is 0.0858 e. The molecular formula is C66H50. The molecule has 8 aromatic carbocycles. The molecule has 0 aliphatic heterocycles. The third kappa shape index (κ3) is 8.68. The number of rotatable bonds is 10. The summed E-state index contributed by atoms with van der Waals surface area (Å²) in [7, 11) is 0. The van der Waals surface area contributed by atoms with Crippen LogP contribution >= 0.6 is 0 Å². The lowest BCUT2D eigenvalue weighted by atomic mass is 9.65. The van der Waals surface area contributed by atoms with Crippen LogP contribution in [-0.4, -0.2) is 0 Å². The van der Waals surface area contributed by atoms with E-state index in [2.05, 4.69) is 291 Å². The Labute approximate surface area is 390 Å². The van der Waals surface area contributed by atoms with Gasteiger partial charge in [0.2, 0.25) is 0 Å². The fraction of sp³-hybridized carbons (Fsp3) is 0.0606. The van der Waals surface area contributed by atoms with Gasteiger partial charge in [0.15, 0.2) is 0 Å².